The molecule has 0 aliphatic carbocycles. The van der Waals surface area contributed by atoms with Crippen LogP contribution >= 0.6 is 0 Å². The van der Waals surface area contributed by atoms with Crippen molar-refractivity contribution >= 4 is 11.0 Å². The Morgan fingerprint density at radius 1 is 1.15 bits per heavy atom. The Morgan fingerprint density at radius 2 is 2.08 bits per heavy atom. The van der Waals surface area contributed by atoms with Gasteiger partial charge < -0.3 is 18.1 Å². The zero-order valence-corrected chi connectivity index (χ0v) is 14.5. The lowest BCUT2D eigenvalue weighted by Crippen LogP contribution is -2.10. The Kier molecular flexibility index (Phi) is 3.64. The lowest BCUT2D eigenvalue weighted by Gasteiger charge is -2.12. The van der Waals surface area contributed by atoms with Crippen LogP contribution in [0.1, 0.15) is 36.2 Å². The first kappa shape index (κ1) is 15.4. The van der Waals surface area contributed by atoms with E-state index < -0.39 is 0 Å². The van der Waals surface area contributed by atoms with Crippen molar-refractivity contribution in [3.8, 4) is 11.7 Å². The van der Waals surface area contributed by atoms with E-state index >= 15 is 0 Å². The van der Waals surface area contributed by atoms with Gasteiger partial charge >= 0.3 is 0 Å². The molecule has 1 saturated heterocycles. The van der Waals surface area contributed by atoms with Gasteiger partial charge in [0.05, 0.1) is 23.8 Å². The van der Waals surface area contributed by atoms with Crippen molar-refractivity contribution in [3.05, 3.63) is 59.9 Å². The highest BCUT2D eigenvalue weighted by molar-refractivity contribution is 5.76. The Balaban J connectivity index is 1.58. The van der Waals surface area contributed by atoms with Crippen molar-refractivity contribution in [3.63, 3.8) is 0 Å². The molecule has 0 amide bonds. The Morgan fingerprint density at radius 3 is 2.88 bits per heavy atom. The predicted molar refractivity (Wildman–Crippen MR) is 95.7 cm³/mol. The first-order chi connectivity index (χ1) is 12.8. The molecule has 1 fully saturated rings. The second-order valence-corrected chi connectivity index (χ2v) is 6.55. The van der Waals surface area contributed by atoms with E-state index in [-0.39, 0.29) is 6.10 Å². The first-order valence-corrected chi connectivity index (χ1v) is 8.86. The second kappa shape index (κ2) is 6.14. The van der Waals surface area contributed by atoms with Crippen molar-refractivity contribution in [1.82, 2.24) is 14.5 Å². The average Bonchev–Trinajstić information content (AvgIpc) is 3.43. The summed E-state index contributed by atoms with van der Waals surface area (Å²) >= 11 is 0. The van der Waals surface area contributed by atoms with Gasteiger partial charge in [0.15, 0.2) is 5.76 Å². The third kappa shape index (κ3) is 2.54. The molecule has 26 heavy (non-hydrogen) atoms. The smallest absolute Gasteiger partial charge is 0.263 e. The van der Waals surface area contributed by atoms with Gasteiger partial charge in [0.25, 0.3) is 5.89 Å². The van der Waals surface area contributed by atoms with Crippen LogP contribution in [0.4, 0.5) is 0 Å². The number of imidazole rings is 1. The molecule has 0 radical (unpaired) electrons. The van der Waals surface area contributed by atoms with Crippen LogP contribution in [0.5, 0.6) is 0 Å². The van der Waals surface area contributed by atoms with Gasteiger partial charge in [-0.05, 0) is 44.0 Å². The van der Waals surface area contributed by atoms with E-state index in [0.717, 1.165) is 47.8 Å². The SMILES string of the molecule is Cc1oc(-c2ccco2)nc1Cn1c(C2CCCO2)nc2ccccc21. The maximum Gasteiger partial charge on any atom is 0.263 e. The van der Waals surface area contributed by atoms with Gasteiger partial charge in [-0.3, -0.25) is 0 Å². The van der Waals surface area contributed by atoms with E-state index in [2.05, 4.69) is 15.6 Å². The van der Waals surface area contributed by atoms with Crippen LogP contribution in [0.3, 0.4) is 0 Å². The minimum Gasteiger partial charge on any atom is -0.459 e. The van der Waals surface area contributed by atoms with Crippen molar-refractivity contribution in [2.24, 2.45) is 0 Å². The molecule has 4 heterocycles. The van der Waals surface area contributed by atoms with E-state index in [0.29, 0.717) is 18.2 Å². The molecule has 0 spiro atoms. The zero-order chi connectivity index (χ0) is 17.5. The quantitative estimate of drug-likeness (QED) is 0.543. The number of furan rings is 1. The van der Waals surface area contributed by atoms with E-state index in [4.69, 9.17) is 18.6 Å². The van der Waals surface area contributed by atoms with E-state index in [1.807, 2.05) is 37.3 Å². The van der Waals surface area contributed by atoms with Gasteiger partial charge in [-0.25, -0.2) is 9.97 Å². The number of nitrogens with zero attached hydrogens (tertiary/aromatic N) is 3. The molecule has 1 aliphatic rings. The first-order valence-electron chi connectivity index (χ1n) is 8.86. The minimum atomic E-state index is 0.0409. The van der Waals surface area contributed by atoms with Crippen molar-refractivity contribution < 1.29 is 13.6 Å². The molecular weight excluding hydrogens is 330 g/mol. The van der Waals surface area contributed by atoms with Crippen LogP contribution in [-0.2, 0) is 11.3 Å². The number of hydrogen-bond donors (Lipinski definition) is 0. The van der Waals surface area contributed by atoms with Crippen LogP contribution in [0.2, 0.25) is 0 Å². The molecule has 0 saturated carbocycles. The predicted octanol–water partition coefficient (Wildman–Crippen LogP) is 4.49. The van der Waals surface area contributed by atoms with Crippen molar-refractivity contribution in [1.29, 1.82) is 0 Å². The van der Waals surface area contributed by atoms with Gasteiger partial charge in [-0.2, -0.15) is 0 Å². The highest BCUT2D eigenvalue weighted by Gasteiger charge is 2.25. The molecule has 1 atom stereocenters. The standard InChI is InChI=1S/C20H19N3O3/c1-13-15(22-20(26-13)18-9-5-11-25-18)12-23-16-7-3-2-6-14(16)21-19(23)17-8-4-10-24-17/h2-3,5-7,9,11,17H,4,8,10,12H2,1H3. The van der Waals surface area contributed by atoms with Gasteiger partial charge in [0.2, 0.25) is 0 Å². The van der Waals surface area contributed by atoms with Gasteiger partial charge in [0, 0.05) is 6.61 Å². The lowest BCUT2D eigenvalue weighted by molar-refractivity contribution is 0.103. The minimum absolute atomic E-state index is 0.0409. The molecule has 6 nitrogen and oxygen atoms in total. The summed E-state index contributed by atoms with van der Waals surface area (Å²) in [6.07, 6.45) is 3.73. The molecule has 0 bridgehead atoms. The van der Waals surface area contributed by atoms with E-state index in [1.54, 1.807) is 6.26 Å². The maximum atomic E-state index is 5.90. The fourth-order valence-corrected chi connectivity index (χ4v) is 3.52. The molecule has 1 unspecified atom stereocenters. The molecule has 132 valence electrons. The third-order valence-electron chi connectivity index (χ3n) is 4.83. The van der Waals surface area contributed by atoms with Gasteiger partial charge in [-0.15, -0.1) is 0 Å². The Labute approximate surface area is 150 Å². The molecule has 1 aromatic carbocycles. The van der Waals surface area contributed by atoms with Gasteiger partial charge in [0.1, 0.15) is 23.4 Å². The summed E-state index contributed by atoms with van der Waals surface area (Å²) in [5, 5.41) is 0. The molecule has 6 heteroatoms. The van der Waals surface area contributed by atoms with E-state index in [9.17, 15) is 0 Å². The highest BCUT2D eigenvalue weighted by atomic mass is 16.5. The number of para-hydroxylation sites is 2. The number of oxazole rings is 1. The summed E-state index contributed by atoms with van der Waals surface area (Å²) in [5.74, 6) is 2.89. The summed E-state index contributed by atoms with van der Waals surface area (Å²) in [4.78, 5) is 9.49. The monoisotopic (exact) mass is 349 g/mol. The van der Waals surface area contributed by atoms with Crippen LogP contribution in [0.15, 0.2) is 51.5 Å². The number of hydrogen-bond acceptors (Lipinski definition) is 5. The molecule has 4 aromatic rings. The number of fused-ring (bicyclic) bond motifs is 1. The molecule has 0 N–H and O–H groups in total. The number of aromatic nitrogens is 3. The van der Waals surface area contributed by atoms with Crippen LogP contribution in [-0.4, -0.2) is 21.1 Å². The molecule has 1 aliphatic heterocycles. The number of aryl methyl sites for hydroxylation is 1. The lowest BCUT2D eigenvalue weighted by atomic mass is 10.2. The number of rotatable bonds is 4. The second-order valence-electron chi connectivity index (χ2n) is 6.55. The molecule has 3 aromatic heterocycles. The summed E-state index contributed by atoms with van der Waals surface area (Å²) < 4.78 is 19.3. The van der Waals surface area contributed by atoms with E-state index in [1.165, 1.54) is 0 Å². The highest BCUT2D eigenvalue weighted by Crippen LogP contribution is 2.32. The number of ether oxygens (including phenoxy) is 1. The van der Waals surface area contributed by atoms with Crippen molar-refractivity contribution in [2.75, 3.05) is 6.61 Å². The Bertz CT molecular complexity index is 1040. The summed E-state index contributed by atoms with van der Waals surface area (Å²) in [6.45, 7) is 3.31. The molecule has 5 rings (SSSR count). The third-order valence-corrected chi connectivity index (χ3v) is 4.83. The average molecular weight is 349 g/mol. The summed E-state index contributed by atoms with van der Waals surface area (Å²) in [6, 6.07) is 11.8. The Hall–Kier alpha value is -2.86. The van der Waals surface area contributed by atoms with Crippen LogP contribution in [0, 0.1) is 6.92 Å². The fourth-order valence-electron chi connectivity index (χ4n) is 3.52. The topological polar surface area (TPSA) is 66.2 Å². The maximum absolute atomic E-state index is 5.90. The zero-order valence-electron chi connectivity index (χ0n) is 14.5. The van der Waals surface area contributed by atoms with Crippen LogP contribution in [0.25, 0.3) is 22.7 Å². The summed E-state index contributed by atoms with van der Waals surface area (Å²) in [7, 11) is 0. The largest absolute Gasteiger partial charge is 0.459 e. The fraction of sp³-hybridized carbons (Fsp3) is 0.300. The van der Waals surface area contributed by atoms with Crippen LogP contribution < -0.4 is 0 Å². The number of benzene rings is 1. The van der Waals surface area contributed by atoms with Gasteiger partial charge in [-0.1, -0.05) is 12.1 Å². The molecular formula is C20H19N3O3. The van der Waals surface area contributed by atoms with Crippen molar-refractivity contribution in [2.45, 2.75) is 32.4 Å². The normalized spacial score (nSPS) is 17.3. The summed E-state index contributed by atoms with van der Waals surface area (Å²) in [5.41, 5.74) is 2.93.